The summed E-state index contributed by atoms with van der Waals surface area (Å²) in [5.74, 6) is -0.0747. The van der Waals surface area contributed by atoms with Crippen molar-refractivity contribution < 1.29 is 4.92 Å². The predicted molar refractivity (Wildman–Crippen MR) is 72.3 cm³/mol. The molecule has 0 atom stereocenters. The van der Waals surface area contributed by atoms with Crippen LogP contribution in [0.1, 0.15) is 11.1 Å². The number of aryl methyl sites for hydroxylation is 2. The SMILES string of the molecule is Cc1cc(C)cc(Nc2ncnc(N)c2[N+](=O)[O-])c1. The van der Waals surface area contributed by atoms with Gasteiger partial charge in [0.1, 0.15) is 6.33 Å². The molecule has 7 nitrogen and oxygen atoms in total. The Labute approximate surface area is 109 Å². The molecule has 0 radical (unpaired) electrons. The van der Waals surface area contributed by atoms with Crippen molar-refractivity contribution in [3.8, 4) is 0 Å². The lowest BCUT2D eigenvalue weighted by Gasteiger charge is -2.08. The van der Waals surface area contributed by atoms with E-state index in [0.29, 0.717) is 0 Å². The van der Waals surface area contributed by atoms with Crippen molar-refractivity contribution >= 4 is 23.0 Å². The third kappa shape index (κ3) is 2.76. The third-order valence-corrected chi connectivity index (χ3v) is 2.52. The van der Waals surface area contributed by atoms with E-state index in [-0.39, 0.29) is 17.3 Å². The largest absolute Gasteiger partial charge is 0.378 e. The molecule has 2 aromatic rings. The van der Waals surface area contributed by atoms with Crippen LogP contribution in [0.5, 0.6) is 0 Å². The number of nitrogens with one attached hydrogen (secondary N) is 1. The van der Waals surface area contributed by atoms with Gasteiger partial charge < -0.3 is 11.1 Å². The maximum absolute atomic E-state index is 11.0. The van der Waals surface area contributed by atoms with Gasteiger partial charge in [-0.2, -0.15) is 0 Å². The highest BCUT2D eigenvalue weighted by molar-refractivity contribution is 5.72. The predicted octanol–water partition coefficient (Wildman–Crippen LogP) is 2.33. The smallest absolute Gasteiger partial charge is 0.353 e. The van der Waals surface area contributed by atoms with Crippen LogP contribution in [0.25, 0.3) is 0 Å². The van der Waals surface area contributed by atoms with Crippen molar-refractivity contribution in [1.82, 2.24) is 9.97 Å². The molecular formula is C12H13N5O2. The fraction of sp³-hybridized carbons (Fsp3) is 0.167. The Hall–Kier alpha value is -2.70. The molecular weight excluding hydrogens is 246 g/mol. The van der Waals surface area contributed by atoms with Crippen LogP contribution in [-0.2, 0) is 0 Å². The minimum atomic E-state index is -0.597. The molecule has 1 aromatic carbocycles. The van der Waals surface area contributed by atoms with Crippen LogP contribution in [0.4, 0.5) is 23.0 Å². The number of nitrogens with two attached hydrogens (primary N) is 1. The first-order valence-electron chi connectivity index (χ1n) is 5.57. The first-order chi connectivity index (χ1) is 8.97. The maximum Gasteiger partial charge on any atom is 0.353 e. The summed E-state index contributed by atoms with van der Waals surface area (Å²) in [5, 5.41) is 13.9. The number of hydrogen-bond acceptors (Lipinski definition) is 6. The van der Waals surface area contributed by atoms with Crippen LogP contribution in [0.3, 0.4) is 0 Å². The van der Waals surface area contributed by atoms with Gasteiger partial charge in [-0.3, -0.25) is 10.1 Å². The Morgan fingerprint density at radius 3 is 2.42 bits per heavy atom. The Balaban J connectivity index is 2.43. The van der Waals surface area contributed by atoms with E-state index in [2.05, 4.69) is 15.3 Å². The topological polar surface area (TPSA) is 107 Å². The summed E-state index contributed by atoms with van der Waals surface area (Å²) in [4.78, 5) is 17.9. The summed E-state index contributed by atoms with van der Waals surface area (Å²) in [6, 6.07) is 5.75. The molecule has 1 heterocycles. The van der Waals surface area contributed by atoms with Crippen molar-refractivity contribution in [2.75, 3.05) is 11.1 Å². The van der Waals surface area contributed by atoms with E-state index >= 15 is 0 Å². The van der Waals surface area contributed by atoms with Gasteiger partial charge in [-0.15, -0.1) is 0 Å². The quantitative estimate of drug-likeness (QED) is 0.647. The molecule has 98 valence electrons. The Bertz CT molecular complexity index is 622. The molecule has 0 spiro atoms. The zero-order valence-corrected chi connectivity index (χ0v) is 10.5. The average Bonchev–Trinajstić information content (AvgIpc) is 2.26. The number of nitrogens with zero attached hydrogens (tertiary/aromatic N) is 3. The zero-order valence-electron chi connectivity index (χ0n) is 10.5. The van der Waals surface area contributed by atoms with Gasteiger partial charge in [-0.1, -0.05) is 6.07 Å². The number of benzene rings is 1. The number of hydrogen-bond donors (Lipinski definition) is 2. The summed E-state index contributed by atoms with van der Waals surface area (Å²) < 4.78 is 0. The summed E-state index contributed by atoms with van der Waals surface area (Å²) in [6.07, 6.45) is 1.19. The molecule has 0 aliphatic carbocycles. The van der Waals surface area contributed by atoms with Gasteiger partial charge in [0.25, 0.3) is 0 Å². The van der Waals surface area contributed by atoms with Crippen molar-refractivity contribution in [1.29, 1.82) is 0 Å². The first kappa shape index (κ1) is 12.7. The number of rotatable bonds is 3. The van der Waals surface area contributed by atoms with Crippen LogP contribution < -0.4 is 11.1 Å². The third-order valence-electron chi connectivity index (χ3n) is 2.52. The molecule has 1 aromatic heterocycles. The van der Waals surface area contributed by atoms with E-state index in [4.69, 9.17) is 5.73 Å². The van der Waals surface area contributed by atoms with Crippen molar-refractivity contribution in [3.05, 3.63) is 45.8 Å². The minimum Gasteiger partial charge on any atom is -0.378 e. The first-order valence-corrected chi connectivity index (χ1v) is 5.57. The van der Waals surface area contributed by atoms with Crippen LogP contribution in [0, 0.1) is 24.0 Å². The standard InChI is InChI=1S/C12H13N5O2/c1-7-3-8(2)5-9(4-7)16-12-10(17(18)19)11(13)14-6-15-12/h3-6H,1-2H3,(H3,13,14,15,16). The molecule has 0 amide bonds. The molecule has 2 rings (SSSR count). The lowest BCUT2D eigenvalue weighted by Crippen LogP contribution is -2.05. The monoisotopic (exact) mass is 259 g/mol. The summed E-state index contributed by atoms with van der Waals surface area (Å²) in [7, 11) is 0. The number of nitrogen functional groups attached to an aromatic ring is 1. The molecule has 0 bridgehead atoms. The van der Waals surface area contributed by atoms with Gasteiger partial charge in [0, 0.05) is 5.69 Å². The van der Waals surface area contributed by atoms with Gasteiger partial charge in [0.2, 0.25) is 11.6 Å². The highest BCUT2D eigenvalue weighted by Gasteiger charge is 2.20. The number of aromatic nitrogens is 2. The lowest BCUT2D eigenvalue weighted by atomic mass is 10.1. The average molecular weight is 259 g/mol. The second-order valence-corrected chi connectivity index (χ2v) is 4.21. The van der Waals surface area contributed by atoms with Gasteiger partial charge in [-0.05, 0) is 37.1 Å². The highest BCUT2D eigenvalue weighted by atomic mass is 16.6. The fourth-order valence-electron chi connectivity index (χ4n) is 1.85. The minimum absolute atomic E-state index is 0.0856. The van der Waals surface area contributed by atoms with Crippen LogP contribution in [0.2, 0.25) is 0 Å². The van der Waals surface area contributed by atoms with Crippen LogP contribution >= 0.6 is 0 Å². The van der Waals surface area contributed by atoms with E-state index in [1.54, 1.807) is 0 Å². The van der Waals surface area contributed by atoms with Crippen molar-refractivity contribution in [2.24, 2.45) is 0 Å². The van der Waals surface area contributed by atoms with E-state index in [9.17, 15) is 10.1 Å². The molecule has 19 heavy (non-hydrogen) atoms. The zero-order chi connectivity index (χ0) is 14.0. The summed E-state index contributed by atoms with van der Waals surface area (Å²) >= 11 is 0. The van der Waals surface area contributed by atoms with Crippen molar-refractivity contribution in [3.63, 3.8) is 0 Å². The molecule has 7 heteroatoms. The molecule has 0 fully saturated rings. The van der Waals surface area contributed by atoms with Gasteiger partial charge >= 0.3 is 5.69 Å². The normalized spacial score (nSPS) is 10.2. The number of nitro groups is 1. The van der Waals surface area contributed by atoms with E-state index < -0.39 is 4.92 Å². The molecule has 0 aliphatic heterocycles. The van der Waals surface area contributed by atoms with E-state index in [1.165, 1.54) is 6.33 Å². The highest BCUT2D eigenvalue weighted by Crippen LogP contribution is 2.29. The Morgan fingerprint density at radius 1 is 1.21 bits per heavy atom. The Kier molecular flexibility index (Phi) is 3.28. The lowest BCUT2D eigenvalue weighted by molar-refractivity contribution is -0.383. The molecule has 0 aliphatic rings. The Morgan fingerprint density at radius 2 is 1.84 bits per heavy atom. The molecule has 3 N–H and O–H groups in total. The summed E-state index contributed by atoms with van der Waals surface area (Å²) in [6.45, 7) is 3.89. The van der Waals surface area contributed by atoms with E-state index in [1.807, 2.05) is 32.0 Å². The number of anilines is 3. The second kappa shape index (κ2) is 4.89. The van der Waals surface area contributed by atoms with Crippen molar-refractivity contribution in [2.45, 2.75) is 13.8 Å². The van der Waals surface area contributed by atoms with Crippen LogP contribution in [-0.4, -0.2) is 14.9 Å². The fourth-order valence-corrected chi connectivity index (χ4v) is 1.85. The van der Waals surface area contributed by atoms with Crippen LogP contribution in [0.15, 0.2) is 24.5 Å². The molecule has 0 saturated heterocycles. The van der Waals surface area contributed by atoms with Gasteiger partial charge in [-0.25, -0.2) is 9.97 Å². The molecule has 0 saturated carbocycles. The van der Waals surface area contributed by atoms with E-state index in [0.717, 1.165) is 16.8 Å². The second-order valence-electron chi connectivity index (χ2n) is 4.21. The molecule has 0 unspecified atom stereocenters. The summed E-state index contributed by atoms with van der Waals surface area (Å²) in [5.41, 5.74) is 8.00. The van der Waals surface area contributed by atoms with Gasteiger partial charge in [0.15, 0.2) is 0 Å². The maximum atomic E-state index is 11.0. The van der Waals surface area contributed by atoms with Gasteiger partial charge in [0.05, 0.1) is 4.92 Å².